The Morgan fingerprint density at radius 3 is 2.93 bits per heavy atom. The summed E-state index contributed by atoms with van der Waals surface area (Å²) in [6.07, 6.45) is 4.24. The minimum atomic E-state index is -0.204. The molecule has 27 heavy (non-hydrogen) atoms. The van der Waals surface area contributed by atoms with Crippen molar-refractivity contribution >= 4 is 5.91 Å². The van der Waals surface area contributed by atoms with Crippen LogP contribution in [0.2, 0.25) is 0 Å². The fourth-order valence-electron chi connectivity index (χ4n) is 3.67. The molecular weight excluding hydrogens is 350 g/mol. The van der Waals surface area contributed by atoms with Crippen molar-refractivity contribution in [1.29, 1.82) is 0 Å². The van der Waals surface area contributed by atoms with Gasteiger partial charge in [-0.2, -0.15) is 0 Å². The quantitative estimate of drug-likeness (QED) is 0.793. The summed E-state index contributed by atoms with van der Waals surface area (Å²) in [4.78, 5) is 18.6. The molecule has 0 N–H and O–H groups in total. The molecule has 4 heterocycles. The van der Waals surface area contributed by atoms with Crippen molar-refractivity contribution in [3.63, 3.8) is 0 Å². The van der Waals surface area contributed by atoms with Crippen LogP contribution in [0.1, 0.15) is 35.5 Å². The van der Waals surface area contributed by atoms with E-state index in [0.29, 0.717) is 32.2 Å². The Morgan fingerprint density at radius 1 is 1.37 bits per heavy atom. The predicted octanol–water partition coefficient (Wildman–Crippen LogP) is 2.06. The Labute approximate surface area is 157 Å². The molecule has 8 heteroatoms. The number of carbonyl (C=O) groups is 1. The minimum absolute atomic E-state index is 0.0628. The van der Waals surface area contributed by atoms with Crippen molar-refractivity contribution in [2.24, 2.45) is 0 Å². The van der Waals surface area contributed by atoms with Gasteiger partial charge in [0.05, 0.1) is 43.8 Å². The number of nitrogens with zero attached hydrogens (tertiary/aromatic N) is 3. The third-order valence-electron chi connectivity index (χ3n) is 5.24. The summed E-state index contributed by atoms with van der Waals surface area (Å²) < 4.78 is 22.1. The Kier molecular flexibility index (Phi) is 5.09. The first-order chi connectivity index (χ1) is 13.2. The number of pyridine rings is 1. The maximum absolute atomic E-state index is 12.5. The van der Waals surface area contributed by atoms with Gasteiger partial charge in [0.25, 0.3) is 11.8 Å². The highest BCUT2D eigenvalue weighted by Gasteiger charge is 2.44. The van der Waals surface area contributed by atoms with Crippen LogP contribution in [0.25, 0.3) is 0 Å². The van der Waals surface area contributed by atoms with E-state index >= 15 is 0 Å². The maximum Gasteiger partial charge on any atom is 0.292 e. The molecule has 2 aromatic heterocycles. The van der Waals surface area contributed by atoms with Gasteiger partial charge in [0.1, 0.15) is 0 Å². The van der Waals surface area contributed by atoms with Crippen LogP contribution in [-0.2, 0) is 16.1 Å². The number of methoxy groups -OCH3 is 1. The van der Waals surface area contributed by atoms with Crippen LogP contribution in [0.3, 0.4) is 0 Å². The van der Waals surface area contributed by atoms with Crippen LogP contribution in [0.5, 0.6) is 5.88 Å². The average molecular weight is 373 g/mol. The lowest BCUT2D eigenvalue weighted by molar-refractivity contribution is -0.0417. The van der Waals surface area contributed by atoms with Crippen LogP contribution in [0, 0.1) is 0 Å². The van der Waals surface area contributed by atoms with Gasteiger partial charge in [-0.15, -0.1) is 0 Å². The van der Waals surface area contributed by atoms with Crippen molar-refractivity contribution in [2.45, 2.75) is 37.6 Å². The van der Waals surface area contributed by atoms with Crippen LogP contribution in [0.4, 0.5) is 0 Å². The molecule has 1 spiro atoms. The highest BCUT2D eigenvalue weighted by atomic mass is 16.6. The predicted molar refractivity (Wildman–Crippen MR) is 94.3 cm³/mol. The van der Waals surface area contributed by atoms with Gasteiger partial charge in [0.2, 0.25) is 5.76 Å². The normalized spacial score (nSPS) is 21.5. The van der Waals surface area contributed by atoms with E-state index in [2.05, 4.69) is 10.1 Å². The second-order valence-corrected chi connectivity index (χ2v) is 6.98. The monoisotopic (exact) mass is 373 g/mol. The summed E-state index contributed by atoms with van der Waals surface area (Å²) in [6.45, 7) is 2.31. The lowest BCUT2D eigenvalue weighted by Gasteiger charge is -2.38. The molecule has 2 aliphatic heterocycles. The zero-order valence-corrected chi connectivity index (χ0v) is 15.3. The second kappa shape index (κ2) is 7.66. The standard InChI is InChI=1S/C19H23N3O5/c1-24-17-10-16(27-21-17)18(23)22-8-5-19(6-9-22)11-15(13-26-19)25-12-14-4-2-3-7-20-14/h2-4,7,10,15H,5-6,8-9,11-13H2,1H3. The van der Waals surface area contributed by atoms with Crippen molar-refractivity contribution in [3.8, 4) is 5.88 Å². The molecule has 1 atom stereocenters. The van der Waals surface area contributed by atoms with Crippen molar-refractivity contribution in [1.82, 2.24) is 15.0 Å². The third-order valence-corrected chi connectivity index (χ3v) is 5.24. The Morgan fingerprint density at radius 2 is 2.22 bits per heavy atom. The summed E-state index contributed by atoms with van der Waals surface area (Å²) in [6, 6.07) is 7.31. The van der Waals surface area contributed by atoms with Crippen LogP contribution >= 0.6 is 0 Å². The molecule has 2 aliphatic rings. The maximum atomic E-state index is 12.5. The highest BCUT2D eigenvalue weighted by Crippen LogP contribution is 2.37. The SMILES string of the molecule is COc1cc(C(=O)N2CCC3(CC2)CC(OCc2ccccn2)CO3)on1. The fourth-order valence-corrected chi connectivity index (χ4v) is 3.67. The summed E-state index contributed by atoms with van der Waals surface area (Å²) in [7, 11) is 1.49. The number of ether oxygens (including phenoxy) is 3. The van der Waals surface area contributed by atoms with E-state index in [-0.39, 0.29) is 23.4 Å². The first-order valence-electron chi connectivity index (χ1n) is 9.13. The molecule has 0 aliphatic carbocycles. The Balaban J connectivity index is 1.28. The third kappa shape index (κ3) is 3.96. The molecule has 2 saturated heterocycles. The van der Waals surface area contributed by atoms with Gasteiger partial charge >= 0.3 is 0 Å². The zero-order valence-electron chi connectivity index (χ0n) is 15.3. The molecule has 1 amide bonds. The van der Waals surface area contributed by atoms with Crippen molar-refractivity contribution in [3.05, 3.63) is 41.9 Å². The summed E-state index contributed by atoms with van der Waals surface area (Å²) >= 11 is 0. The molecule has 0 saturated carbocycles. The summed E-state index contributed by atoms with van der Waals surface area (Å²) in [5.41, 5.74) is 0.714. The largest absolute Gasteiger partial charge is 0.479 e. The summed E-state index contributed by atoms with van der Waals surface area (Å²) in [5, 5.41) is 3.69. The number of rotatable bonds is 5. The first kappa shape index (κ1) is 17.9. The van der Waals surface area contributed by atoms with Gasteiger partial charge in [-0.3, -0.25) is 9.78 Å². The van der Waals surface area contributed by atoms with Crippen molar-refractivity contribution in [2.75, 3.05) is 26.8 Å². The van der Waals surface area contributed by atoms with Gasteiger partial charge in [0, 0.05) is 25.7 Å². The van der Waals surface area contributed by atoms with E-state index in [1.54, 1.807) is 11.1 Å². The highest BCUT2D eigenvalue weighted by molar-refractivity contribution is 5.91. The second-order valence-electron chi connectivity index (χ2n) is 6.98. The van der Waals surface area contributed by atoms with Gasteiger partial charge in [0.15, 0.2) is 0 Å². The summed E-state index contributed by atoms with van der Waals surface area (Å²) in [5.74, 6) is 0.340. The first-order valence-corrected chi connectivity index (χ1v) is 9.13. The molecule has 8 nitrogen and oxygen atoms in total. The molecule has 4 rings (SSSR count). The van der Waals surface area contributed by atoms with E-state index in [1.165, 1.54) is 13.2 Å². The van der Waals surface area contributed by atoms with Gasteiger partial charge in [-0.25, -0.2) is 0 Å². The van der Waals surface area contributed by atoms with E-state index in [1.807, 2.05) is 18.2 Å². The number of hydrogen-bond acceptors (Lipinski definition) is 7. The van der Waals surface area contributed by atoms with E-state index in [9.17, 15) is 4.79 Å². The molecule has 0 aromatic carbocycles. The fraction of sp³-hybridized carbons (Fsp3) is 0.526. The number of hydrogen-bond donors (Lipinski definition) is 0. The van der Waals surface area contributed by atoms with Crippen LogP contribution < -0.4 is 4.74 Å². The molecule has 0 radical (unpaired) electrons. The Hall–Kier alpha value is -2.45. The number of piperidine rings is 1. The smallest absolute Gasteiger partial charge is 0.292 e. The molecular formula is C19H23N3O5. The van der Waals surface area contributed by atoms with E-state index in [0.717, 1.165) is 25.0 Å². The number of likely N-dealkylation sites (tertiary alicyclic amines) is 1. The lowest BCUT2D eigenvalue weighted by Crippen LogP contribution is -2.46. The number of carbonyl (C=O) groups excluding carboxylic acids is 1. The molecule has 0 bridgehead atoms. The van der Waals surface area contributed by atoms with Crippen molar-refractivity contribution < 1.29 is 23.5 Å². The van der Waals surface area contributed by atoms with Gasteiger partial charge in [-0.05, 0) is 30.1 Å². The minimum Gasteiger partial charge on any atom is -0.479 e. The van der Waals surface area contributed by atoms with Gasteiger partial charge < -0.3 is 23.6 Å². The molecule has 2 fully saturated rings. The van der Waals surface area contributed by atoms with E-state index in [4.69, 9.17) is 18.7 Å². The van der Waals surface area contributed by atoms with Crippen LogP contribution in [0.15, 0.2) is 35.0 Å². The lowest BCUT2D eigenvalue weighted by atomic mass is 9.88. The topological polar surface area (TPSA) is 86.9 Å². The number of aromatic nitrogens is 2. The average Bonchev–Trinajstić information content (AvgIpc) is 3.35. The molecule has 2 aromatic rings. The molecule has 1 unspecified atom stereocenters. The number of amides is 1. The van der Waals surface area contributed by atoms with E-state index < -0.39 is 0 Å². The molecule has 144 valence electrons. The Bertz CT molecular complexity index is 771. The van der Waals surface area contributed by atoms with Crippen LogP contribution in [-0.4, -0.2) is 59.5 Å². The van der Waals surface area contributed by atoms with Gasteiger partial charge in [-0.1, -0.05) is 6.07 Å². The zero-order chi connectivity index (χ0) is 18.7.